The molecule has 0 spiro atoms. The number of aromatic nitrogens is 4. The maximum Gasteiger partial charge on any atom is 0.254 e. The van der Waals surface area contributed by atoms with E-state index in [-0.39, 0.29) is 12.4 Å². The van der Waals surface area contributed by atoms with E-state index in [1.54, 1.807) is 4.52 Å². The molecule has 0 unspecified atom stereocenters. The third-order valence-electron chi connectivity index (χ3n) is 3.39. The van der Waals surface area contributed by atoms with Crippen LogP contribution in [0.3, 0.4) is 0 Å². The van der Waals surface area contributed by atoms with Crippen LogP contribution in [0.2, 0.25) is 0 Å². The molecule has 0 fully saturated rings. The van der Waals surface area contributed by atoms with Crippen molar-refractivity contribution in [3.63, 3.8) is 0 Å². The first kappa shape index (κ1) is 17.3. The molecule has 0 bridgehead atoms. The molecule has 3 rings (SSSR count). The van der Waals surface area contributed by atoms with Gasteiger partial charge in [0.15, 0.2) is 0 Å². The average Bonchev–Trinajstić information content (AvgIpc) is 3.06. The minimum atomic E-state index is -3.50. The lowest BCUT2D eigenvalue weighted by Crippen LogP contribution is -2.21. The number of nitrogens with one attached hydrogen (secondary N) is 1. The van der Waals surface area contributed by atoms with E-state index < -0.39 is 10.0 Å². The topological polar surface area (TPSA) is 124 Å². The highest BCUT2D eigenvalue weighted by Crippen LogP contribution is 2.20. The van der Waals surface area contributed by atoms with E-state index in [0.717, 1.165) is 17.1 Å². The number of fused-ring (bicyclic) bond motifs is 1. The van der Waals surface area contributed by atoms with Gasteiger partial charge in [0.1, 0.15) is 12.1 Å². The summed E-state index contributed by atoms with van der Waals surface area (Å²) in [7, 11) is -3.50. The van der Waals surface area contributed by atoms with Gasteiger partial charge in [-0.05, 0) is 0 Å². The molecular weight excluding hydrogens is 344 g/mol. The SMILES string of the molecule is NS(=O)(=O)CCOCCNc1cc(-c2ccccc2)nc2ncnn12. The Balaban J connectivity index is 1.67. The summed E-state index contributed by atoms with van der Waals surface area (Å²) in [5, 5.41) is 12.3. The van der Waals surface area contributed by atoms with E-state index in [0.29, 0.717) is 18.9 Å². The summed E-state index contributed by atoms with van der Waals surface area (Å²) in [4.78, 5) is 8.63. The second-order valence-electron chi connectivity index (χ2n) is 5.27. The second-order valence-corrected chi connectivity index (χ2v) is 7.00. The van der Waals surface area contributed by atoms with Crippen LogP contribution in [-0.4, -0.2) is 53.5 Å². The van der Waals surface area contributed by atoms with Crippen LogP contribution in [0.15, 0.2) is 42.7 Å². The first-order valence-corrected chi connectivity index (χ1v) is 9.33. The maximum absolute atomic E-state index is 10.8. The number of sulfonamides is 1. The number of benzene rings is 1. The fourth-order valence-corrected chi connectivity index (χ4v) is 2.57. The predicted molar refractivity (Wildman–Crippen MR) is 93.5 cm³/mol. The lowest BCUT2D eigenvalue weighted by Gasteiger charge is -2.10. The highest BCUT2D eigenvalue weighted by atomic mass is 32.2. The minimum Gasteiger partial charge on any atom is -0.379 e. The number of nitrogens with two attached hydrogens (primary N) is 1. The predicted octanol–water partition coefficient (Wildman–Crippen LogP) is 0.508. The lowest BCUT2D eigenvalue weighted by molar-refractivity contribution is 0.159. The van der Waals surface area contributed by atoms with Crippen LogP contribution in [0, 0.1) is 0 Å². The van der Waals surface area contributed by atoms with E-state index in [4.69, 9.17) is 9.88 Å². The zero-order chi connectivity index (χ0) is 17.7. The van der Waals surface area contributed by atoms with Crippen LogP contribution >= 0.6 is 0 Å². The summed E-state index contributed by atoms with van der Waals surface area (Å²) < 4.78 is 28.5. The Labute approximate surface area is 144 Å². The fraction of sp³-hybridized carbons (Fsp3) is 0.267. The van der Waals surface area contributed by atoms with Gasteiger partial charge in [0.25, 0.3) is 5.78 Å². The van der Waals surface area contributed by atoms with Gasteiger partial charge in [-0.2, -0.15) is 14.6 Å². The summed E-state index contributed by atoms with van der Waals surface area (Å²) in [6, 6.07) is 11.6. The highest BCUT2D eigenvalue weighted by Gasteiger charge is 2.09. The standard InChI is InChI=1S/C15H18N6O3S/c16-25(22,23)9-8-24-7-6-17-14-10-13(12-4-2-1-3-5-12)20-15-18-11-19-21(14)15/h1-5,10-11,17H,6-9H2,(H2,16,22,23). The lowest BCUT2D eigenvalue weighted by atomic mass is 10.1. The van der Waals surface area contributed by atoms with Gasteiger partial charge in [-0.3, -0.25) is 0 Å². The van der Waals surface area contributed by atoms with Gasteiger partial charge in [0.2, 0.25) is 10.0 Å². The molecule has 3 aromatic rings. The van der Waals surface area contributed by atoms with Crippen molar-refractivity contribution >= 4 is 21.6 Å². The molecule has 3 N–H and O–H groups in total. The van der Waals surface area contributed by atoms with Crippen molar-refractivity contribution in [2.24, 2.45) is 5.14 Å². The average molecular weight is 362 g/mol. The molecule has 0 aliphatic heterocycles. The zero-order valence-corrected chi connectivity index (χ0v) is 14.2. The number of nitrogens with zero attached hydrogens (tertiary/aromatic N) is 4. The molecule has 0 saturated carbocycles. The number of hydrogen-bond acceptors (Lipinski definition) is 7. The maximum atomic E-state index is 10.8. The van der Waals surface area contributed by atoms with Gasteiger partial charge in [-0.1, -0.05) is 30.3 Å². The first-order valence-electron chi connectivity index (χ1n) is 7.61. The summed E-state index contributed by atoms with van der Waals surface area (Å²) in [5.41, 5.74) is 1.75. The van der Waals surface area contributed by atoms with Gasteiger partial charge in [-0.25, -0.2) is 18.5 Å². The van der Waals surface area contributed by atoms with E-state index in [9.17, 15) is 8.42 Å². The van der Waals surface area contributed by atoms with Crippen LogP contribution in [0.4, 0.5) is 5.82 Å². The van der Waals surface area contributed by atoms with Crippen molar-refractivity contribution in [3.05, 3.63) is 42.7 Å². The molecule has 0 saturated heterocycles. The Morgan fingerprint density at radius 2 is 2.00 bits per heavy atom. The van der Waals surface area contributed by atoms with Crippen molar-refractivity contribution in [2.45, 2.75) is 0 Å². The minimum absolute atomic E-state index is 0.0604. The zero-order valence-electron chi connectivity index (χ0n) is 13.4. The van der Waals surface area contributed by atoms with Gasteiger partial charge >= 0.3 is 0 Å². The molecule has 10 heteroatoms. The summed E-state index contributed by atoms with van der Waals surface area (Å²) >= 11 is 0. The van der Waals surface area contributed by atoms with Crippen LogP contribution in [-0.2, 0) is 14.8 Å². The number of primary sulfonamides is 1. The molecule has 132 valence electrons. The Morgan fingerprint density at radius 3 is 2.76 bits per heavy atom. The van der Waals surface area contributed by atoms with Crippen LogP contribution in [0.5, 0.6) is 0 Å². The normalized spacial score (nSPS) is 11.7. The third kappa shape index (κ3) is 4.72. The number of rotatable bonds is 8. The van der Waals surface area contributed by atoms with Crippen molar-refractivity contribution < 1.29 is 13.2 Å². The van der Waals surface area contributed by atoms with Gasteiger partial charge in [0, 0.05) is 18.2 Å². The van der Waals surface area contributed by atoms with Crippen molar-refractivity contribution in [1.82, 2.24) is 19.6 Å². The molecule has 0 atom stereocenters. The molecule has 0 aliphatic carbocycles. The van der Waals surface area contributed by atoms with E-state index in [2.05, 4.69) is 20.4 Å². The summed E-state index contributed by atoms with van der Waals surface area (Å²) in [6.07, 6.45) is 1.44. The molecular formula is C15H18N6O3S. The summed E-state index contributed by atoms with van der Waals surface area (Å²) in [5.74, 6) is 1.00. The third-order valence-corrected chi connectivity index (χ3v) is 4.12. The van der Waals surface area contributed by atoms with Gasteiger partial charge < -0.3 is 10.1 Å². The molecule has 0 radical (unpaired) electrons. The smallest absolute Gasteiger partial charge is 0.254 e. The quantitative estimate of drug-likeness (QED) is 0.559. The van der Waals surface area contributed by atoms with Crippen LogP contribution in [0.1, 0.15) is 0 Å². The van der Waals surface area contributed by atoms with Gasteiger partial charge in [0.05, 0.1) is 24.7 Å². The van der Waals surface area contributed by atoms with Crippen molar-refractivity contribution in [3.8, 4) is 11.3 Å². The number of ether oxygens (including phenoxy) is 1. The van der Waals surface area contributed by atoms with Crippen molar-refractivity contribution in [1.29, 1.82) is 0 Å². The molecule has 2 heterocycles. The van der Waals surface area contributed by atoms with Crippen molar-refractivity contribution in [2.75, 3.05) is 30.8 Å². The van der Waals surface area contributed by atoms with Crippen LogP contribution in [0.25, 0.3) is 17.0 Å². The Hall–Kier alpha value is -2.56. The summed E-state index contributed by atoms with van der Waals surface area (Å²) in [6.45, 7) is 0.859. The molecule has 1 aromatic carbocycles. The largest absolute Gasteiger partial charge is 0.379 e. The fourth-order valence-electron chi connectivity index (χ4n) is 2.22. The Bertz CT molecular complexity index is 942. The molecule has 0 aliphatic rings. The first-order chi connectivity index (χ1) is 12.0. The van der Waals surface area contributed by atoms with Crippen LogP contribution < -0.4 is 10.5 Å². The van der Waals surface area contributed by atoms with E-state index >= 15 is 0 Å². The number of hydrogen-bond donors (Lipinski definition) is 2. The monoisotopic (exact) mass is 362 g/mol. The van der Waals surface area contributed by atoms with E-state index in [1.165, 1.54) is 6.33 Å². The second kappa shape index (κ2) is 7.55. The molecule has 9 nitrogen and oxygen atoms in total. The molecule has 25 heavy (non-hydrogen) atoms. The molecule has 0 amide bonds. The Kier molecular flexibility index (Phi) is 5.22. The Morgan fingerprint density at radius 1 is 1.20 bits per heavy atom. The highest BCUT2D eigenvalue weighted by molar-refractivity contribution is 7.89. The van der Waals surface area contributed by atoms with Gasteiger partial charge in [-0.15, -0.1) is 0 Å². The number of anilines is 1. The van der Waals surface area contributed by atoms with E-state index in [1.807, 2.05) is 36.4 Å². The molecule has 2 aromatic heterocycles.